The zero-order chi connectivity index (χ0) is 27.0. The summed E-state index contributed by atoms with van der Waals surface area (Å²) >= 11 is 7.11. The van der Waals surface area contributed by atoms with Gasteiger partial charge in [0.15, 0.2) is 16.7 Å². The van der Waals surface area contributed by atoms with E-state index >= 15 is 0 Å². The second kappa shape index (κ2) is 13.0. The number of hydrazone groups is 1. The van der Waals surface area contributed by atoms with Crippen molar-refractivity contribution >= 4 is 39.9 Å². The van der Waals surface area contributed by atoms with Gasteiger partial charge in [0.05, 0.1) is 5.69 Å². The van der Waals surface area contributed by atoms with E-state index in [1.165, 1.54) is 44.6 Å². The molecule has 200 valence electrons. The smallest absolute Gasteiger partial charge is 0.202 e. The maximum atomic E-state index is 12.4. The van der Waals surface area contributed by atoms with Crippen molar-refractivity contribution in [1.29, 1.82) is 0 Å². The van der Waals surface area contributed by atoms with E-state index in [1.54, 1.807) is 24.3 Å². The summed E-state index contributed by atoms with van der Waals surface area (Å²) in [6, 6.07) is 25.3. The lowest BCUT2D eigenvalue weighted by Gasteiger charge is -2.22. The number of benzene rings is 3. The van der Waals surface area contributed by atoms with E-state index in [0.29, 0.717) is 27.6 Å². The molecule has 0 amide bonds. The van der Waals surface area contributed by atoms with Crippen molar-refractivity contribution in [3.8, 4) is 11.4 Å². The molecule has 0 atom stereocenters. The first-order valence-electron chi connectivity index (χ1n) is 13.1. The summed E-state index contributed by atoms with van der Waals surface area (Å²) in [5, 5.41) is 14.5. The number of anilines is 1. The SMILES string of the molecule is CC(=O)/C(=N\Nc1ccc(Cl)cc1)Sc1nnc(COc2ccc(C3CCCCC3)cc2)n1-c1ccccc1. The molecule has 0 unspecified atom stereocenters. The second-order valence-electron chi connectivity index (χ2n) is 9.46. The number of ether oxygens (including phenoxy) is 1. The van der Waals surface area contributed by atoms with Crippen molar-refractivity contribution in [3.05, 3.63) is 95.3 Å². The molecule has 1 heterocycles. The maximum absolute atomic E-state index is 12.4. The van der Waals surface area contributed by atoms with Crippen LogP contribution in [0.15, 0.2) is 89.1 Å². The summed E-state index contributed by atoms with van der Waals surface area (Å²) < 4.78 is 8.02. The van der Waals surface area contributed by atoms with Crippen LogP contribution in [0.3, 0.4) is 0 Å². The van der Waals surface area contributed by atoms with Gasteiger partial charge < -0.3 is 4.74 Å². The number of ketones is 1. The molecule has 0 spiro atoms. The van der Waals surface area contributed by atoms with Crippen LogP contribution in [0.5, 0.6) is 5.75 Å². The third-order valence-electron chi connectivity index (χ3n) is 6.66. The van der Waals surface area contributed by atoms with Crippen LogP contribution in [-0.4, -0.2) is 25.6 Å². The third-order valence-corrected chi connectivity index (χ3v) is 7.93. The van der Waals surface area contributed by atoms with Crippen molar-refractivity contribution in [1.82, 2.24) is 14.8 Å². The van der Waals surface area contributed by atoms with Crippen LogP contribution in [0.2, 0.25) is 5.02 Å². The zero-order valence-electron chi connectivity index (χ0n) is 21.7. The molecule has 1 fully saturated rings. The standard InChI is InChI=1S/C30H30ClN5O2S/c1-21(37)29(34-32-25-16-14-24(31)15-17-25)39-30-35-33-28(36(30)26-10-6-3-7-11-26)20-38-27-18-12-23(13-19-27)22-8-4-2-5-9-22/h3,6-7,10-19,22,32H,2,4-5,8-9,20H2,1H3/b34-29+. The van der Waals surface area contributed by atoms with Gasteiger partial charge in [-0.15, -0.1) is 10.2 Å². The van der Waals surface area contributed by atoms with E-state index in [1.807, 2.05) is 47.0 Å². The van der Waals surface area contributed by atoms with Gasteiger partial charge in [-0.05, 0) is 84.6 Å². The number of aromatic nitrogens is 3. The number of thioether (sulfide) groups is 1. The molecule has 5 rings (SSSR count). The molecule has 0 radical (unpaired) electrons. The van der Waals surface area contributed by atoms with Crippen LogP contribution in [0.1, 0.15) is 56.3 Å². The highest BCUT2D eigenvalue weighted by Crippen LogP contribution is 2.33. The molecule has 1 N–H and O–H groups in total. The van der Waals surface area contributed by atoms with Gasteiger partial charge >= 0.3 is 0 Å². The molecular weight excluding hydrogens is 530 g/mol. The van der Waals surface area contributed by atoms with Crippen molar-refractivity contribution in [2.45, 2.75) is 56.7 Å². The normalized spacial score (nSPS) is 14.3. The Labute approximate surface area is 237 Å². The maximum Gasteiger partial charge on any atom is 0.202 e. The molecule has 3 aromatic carbocycles. The number of nitrogens with zero attached hydrogens (tertiary/aromatic N) is 4. The number of Topliss-reactive ketones (excluding diaryl/α,β-unsaturated/α-hetero) is 1. The van der Waals surface area contributed by atoms with Crippen molar-refractivity contribution < 1.29 is 9.53 Å². The van der Waals surface area contributed by atoms with Crippen LogP contribution < -0.4 is 10.2 Å². The highest BCUT2D eigenvalue weighted by molar-refractivity contribution is 8.15. The number of halogens is 1. The number of nitrogens with one attached hydrogen (secondary N) is 1. The van der Waals surface area contributed by atoms with Gasteiger partial charge in [0.1, 0.15) is 12.4 Å². The molecule has 1 aromatic heterocycles. The first-order valence-corrected chi connectivity index (χ1v) is 14.3. The Morgan fingerprint density at radius 2 is 1.72 bits per heavy atom. The average Bonchev–Trinajstić information content (AvgIpc) is 3.38. The molecule has 4 aromatic rings. The minimum Gasteiger partial charge on any atom is -0.486 e. The monoisotopic (exact) mass is 559 g/mol. The lowest BCUT2D eigenvalue weighted by molar-refractivity contribution is -0.110. The Kier molecular flexibility index (Phi) is 8.96. The minimum atomic E-state index is -0.195. The molecule has 1 aliphatic carbocycles. The van der Waals surface area contributed by atoms with Crippen LogP contribution in [0.4, 0.5) is 5.69 Å². The van der Waals surface area contributed by atoms with Crippen LogP contribution in [0.25, 0.3) is 5.69 Å². The molecule has 9 heteroatoms. The molecule has 0 bridgehead atoms. The van der Waals surface area contributed by atoms with Crippen molar-refractivity contribution in [2.75, 3.05) is 5.43 Å². The predicted octanol–water partition coefficient (Wildman–Crippen LogP) is 7.65. The van der Waals surface area contributed by atoms with Crippen LogP contribution in [0, 0.1) is 0 Å². The van der Waals surface area contributed by atoms with E-state index in [2.05, 4.69) is 32.9 Å². The molecule has 1 saturated carbocycles. The van der Waals surface area contributed by atoms with Crippen LogP contribution >= 0.6 is 23.4 Å². The van der Waals surface area contributed by atoms with Gasteiger partial charge in [-0.2, -0.15) is 5.10 Å². The van der Waals surface area contributed by atoms with Gasteiger partial charge in [0.2, 0.25) is 5.16 Å². The average molecular weight is 560 g/mol. The van der Waals surface area contributed by atoms with E-state index in [-0.39, 0.29) is 17.4 Å². The van der Waals surface area contributed by atoms with E-state index in [0.717, 1.165) is 23.2 Å². The minimum absolute atomic E-state index is 0.195. The quantitative estimate of drug-likeness (QED) is 0.0981. The number of rotatable bonds is 9. The van der Waals surface area contributed by atoms with Gasteiger partial charge in [-0.1, -0.05) is 61.2 Å². The van der Waals surface area contributed by atoms with Crippen molar-refractivity contribution in [3.63, 3.8) is 0 Å². The fraction of sp³-hybridized carbons (Fsp3) is 0.267. The summed E-state index contributed by atoms with van der Waals surface area (Å²) in [7, 11) is 0. The Balaban J connectivity index is 1.34. The summed E-state index contributed by atoms with van der Waals surface area (Å²) in [6.45, 7) is 1.69. The van der Waals surface area contributed by atoms with Crippen molar-refractivity contribution in [2.24, 2.45) is 5.10 Å². The summed E-state index contributed by atoms with van der Waals surface area (Å²) in [5.41, 5.74) is 5.89. The van der Waals surface area contributed by atoms with Gasteiger partial charge in [0.25, 0.3) is 0 Å². The fourth-order valence-corrected chi connectivity index (χ4v) is 5.53. The topological polar surface area (TPSA) is 81.4 Å². The Hall–Kier alpha value is -3.62. The molecular formula is C30H30ClN5O2S. The third kappa shape index (κ3) is 7.07. The molecule has 0 aliphatic heterocycles. The van der Waals surface area contributed by atoms with E-state index in [4.69, 9.17) is 16.3 Å². The largest absolute Gasteiger partial charge is 0.486 e. The summed E-state index contributed by atoms with van der Waals surface area (Å²) in [5.74, 6) is 1.86. The molecule has 1 aliphatic rings. The number of hydrogen-bond donors (Lipinski definition) is 1. The summed E-state index contributed by atoms with van der Waals surface area (Å²) in [6.07, 6.45) is 6.50. The molecule has 39 heavy (non-hydrogen) atoms. The Morgan fingerprint density at radius 1 is 1.00 bits per heavy atom. The number of carbonyl (C=O) groups excluding carboxylic acids is 1. The highest BCUT2D eigenvalue weighted by Gasteiger charge is 2.20. The van der Waals surface area contributed by atoms with E-state index < -0.39 is 0 Å². The lowest BCUT2D eigenvalue weighted by Crippen LogP contribution is -2.11. The Morgan fingerprint density at radius 3 is 2.41 bits per heavy atom. The van der Waals surface area contributed by atoms with Gasteiger partial charge in [-0.25, -0.2) is 0 Å². The number of hydrogen-bond acceptors (Lipinski definition) is 7. The molecule has 0 saturated heterocycles. The molecule has 7 nitrogen and oxygen atoms in total. The zero-order valence-corrected chi connectivity index (χ0v) is 23.3. The van der Waals surface area contributed by atoms with E-state index in [9.17, 15) is 4.79 Å². The first kappa shape index (κ1) is 27.0. The van der Waals surface area contributed by atoms with Gasteiger partial charge in [0, 0.05) is 17.6 Å². The Bertz CT molecular complexity index is 1420. The van der Waals surface area contributed by atoms with Crippen LogP contribution in [-0.2, 0) is 11.4 Å². The lowest BCUT2D eigenvalue weighted by atomic mass is 9.84. The number of carbonyl (C=O) groups is 1. The predicted molar refractivity (Wildman–Crippen MR) is 157 cm³/mol. The highest BCUT2D eigenvalue weighted by atomic mass is 35.5. The first-order chi connectivity index (χ1) is 19.1. The second-order valence-corrected chi connectivity index (χ2v) is 10.8. The van der Waals surface area contributed by atoms with Gasteiger partial charge in [-0.3, -0.25) is 14.8 Å². The fourth-order valence-electron chi connectivity index (χ4n) is 4.62. The summed E-state index contributed by atoms with van der Waals surface area (Å²) in [4.78, 5) is 12.4. The number of para-hydroxylation sites is 1.